The van der Waals surface area contributed by atoms with Crippen LogP contribution in [0.1, 0.15) is 18.9 Å². The van der Waals surface area contributed by atoms with E-state index in [9.17, 15) is 4.79 Å². The minimum absolute atomic E-state index is 0.285. The average Bonchev–Trinajstić information content (AvgIpc) is 2.96. The van der Waals surface area contributed by atoms with Crippen LogP contribution in [0.4, 0.5) is 5.95 Å². The van der Waals surface area contributed by atoms with Crippen LogP contribution in [0.5, 0.6) is 5.75 Å². The van der Waals surface area contributed by atoms with E-state index in [0.717, 1.165) is 17.7 Å². The molecule has 0 saturated carbocycles. The lowest BCUT2D eigenvalue weighted by Gasteiger charge is -2.07. The Bertz CT molecular complexity index is 579. The number of hydrogen-bond donors (Lipinski definition) is 2. The summed E-state index contributed by atoms with van der Waals surface area (Å²) in [6.45, 7) is 2.69. The number of carbonyl (C=O) groups excluding carboxylic acids is 1. The number of rotatable bonds is 6. The van der Waals surface area contributed by atoms with Gasteiger partial charge in [-0.1, -0.05) is 25.1 Å². The normalized spacial score (nSPS) is 10.7. The Morgan fingerprint density at radius 2 is 2.30 bits per heavy atom. The van der Waals surface area contributed by atoms with Gasteiger partial charge in [0.05, 0.1) is 6.61 Å². The third-order valence-electron chi connectivity index (χ3n) is 2.45. The van der Waals surface area contributed by atoms with E-state index in [-0.39, 0.29) is 5.91 Å². The Kier molecular flexibility index (Phi) is 4.88. The topological polar surface area (TPSA) is 79.9 Å². The van der Waals surface area contributed by atoms with Gasteiger partial charge in [-0.3, -0.25) is 10.1 Å². The molecule has 2 rings (SSSR count). The molecule has 2 aromatic rings. The molecule has 20 heavy (non-hydrogen) atoms. The predicted octanol–water partition coefficient (Wildman–Crippen LogP) is 2.25. The van der Waals surface area contributed by atoms with Gasteiger partial charge in [0.25, 0.3) is 5.91 Å². The number of carbonyl (C=O) groups is 1. The van der Waals surface area contributed by atoms with Gasteiger partial charge >= 0.3 is 0 Å². The minimum Gasteiger partial charge on any atom is -0.493 e. The number of para-hydroxylation sites is 1. The zero-order valence-corrected chi connectivity index (χ0v) is 11.2. The number of amides is 1. The molecule has 1 aromatic carbocycles. The monoisotopic (exact) mass is 272 g/mol. The molecule has 2 N–H and O–H groups in total. The van der Waals surface area contributed by atoms with Crippen LogP contribution >= 0.6 is 0 Å². The van der Waals surface area contributed by atoms with Crippen LogP contribution in [0.15, 0.2) is 36.7 Å². The minimum atomic E-state index is -0.285. The summed E-state index contributed by atoms with van der Waals surface area (Å²) in [4.78, 5) is 15.5. The largest absolute Gasteiger partial charge is 0.493 e. The molecule has 1 heterocycles. The van der Waals surface area contributed by atoms with Crippen molar-refractivity contribution in [2.24, 2.45) is 0 Å². The van der Waals surface area contributed by atoms with Gasteiger partial charge in [0.15, 0.2) is 0 Å². The molecule has 0 unspecified atom stereocenters. The Hall–Kier alpha value is -2.63. The number of ether oxygens (including phenoxy) is 1. The summed E-state index contributed by atoms with van der Waals surface area (Å²) in [5.74, 6) is 0.792. The fourth-order valence-electron chi connectivity index (χ4n) is 1.55. The maximum absolute atomic E-state index is 11.7. The molecule has 0 aliphatic carbocycles. The Labute approximate surface area is 116 Å². The van der Waals surface area contributed by atoms with E-state index in [4.69, 9.17) is 4.74 Å². The van der Waals surface area contributed by atoms with E-state index < -0.39 is 0 Å². The molecule has 0 bridgehead atoms. The van der Waals surface area contributed by atoms with Crippen molar-refractivity contribution in [3.05, 3.63) is 42.2 Å². The van der Waals surface area contributed by atoms with Crippen molar-refractivity contribution >= 4 is 17.9 Å². The van der Waals surface area contributed by atoms with Gasteiger partial charge in [-0.2, -0.15) is 10.1 Å². The van der Waals surface area contributed by atoms with E-state index in [1.54, 1.807) is 6.08 Å². The third-order valence-corrected chi connectivity index (χ3v) is 2.45. The molecule has 0 saturated heterocycles. The first-order valence-corrected chi connectivity index (χ1v) is 6.36. The first-order valence-electron chi connectivity index (χ1n) is 6.36. The fourth-order valence-corrected chi connectivity index (χ4v) is 1.55. The van der Waals surface area contributed by atoms with E-state index in [1.165, 1.54) is 12.4 Å². The van der Waals surface area contributed by atoms with Crippen LogP contribution in [0.2, 0.25) is 0 Å². The van der Waals surface area contributed by atoms with Crippen molar-refractivity contribution in [3.63, 3.8) is 0 Å². The second-order valence-electron chi connectivity index (χ2n) is 4.04. The summed E-state index contributed by atoms with van der Waals surface area (Å²) in [7, 11) is 0. The molecular weight excluding hydrogens is 256 g/mol. The number of nitrogens with one attached hydrogen (secondary N) is 2. The van der Waals surface area contributed by atoms with Crippen LogP contribution in [0.25, 0.3) is 6.08 Å². The standard InChI is InChI=1S/C14H16N4O2/c1-2-9-20-12-6-4-3-5-11(12)7-8-13(19)17-14-15-10-16-18-14/h3-8,10H,2,9H2,1H3,(H2,15,16,17,18,19)/b8-7+. The number of hydrogen-bond acceptors (Lipinski definition) is 4. The summed E-state index contributed by atoms with van der Waals surface area (Å²) >= 11 is 0. The van der Waals surface area contributed by atoms with Crippen LogP contribution < -0.4 is 10.1 Å². The highest BCUT2D eigenvalue weighted by molar-refractivity contribution is 6.01. The second-order valence-corrected chi connectivity index (χ2v) is 4.04. The molecule has 0 radical (unpaired) electrons. The van der Waals surface area contributed by atoms with Gasteiger partial charge in [-0.25, -0.2) is 5.10 Å². The van der Waals surface area contributed by atoms with Gasteiger partial charge < -0.3 is 4.74 Å². The van der Waals surface area contributed by atoms with Crippen molar-refractivity contribution in [1.82, 2.24) is 15.2 Å². The molecule has 0 fully saturated rings. The number of aromatic nitrogens is 3. The van der Waals surface area contributed by atoms with Crippen LogP contribution in [0, 0.1) is 0 Å². The predicted molar refractivity (Wildman–Crippen MR) is 76.3 cm³/mol. The van der Waals surface area contributed by atoms with E-state index >= 15 is 0 Å². The lowest BCUT2D eigenvalue weighted by atomic mass is 10.2. The highest BCUT2D eigenvalue weighted by atomic mass is 16.5. The Morgan fingerprint density at radius 3 is 3.05 bits per heavy atom. The summed E-state index contributed by atoms with van der Waals surface area (Å²) in [6.07, 6.45) is 5.39. The zero-order chi connectivity index (χ0) is 14.2. The van der Waals surface area contributed by atoms with Crippen LogP contribution in [-0.2, 0) is 4.79 Å². The summed E-state index contributed by atoms with van der Waals surface area (Å²) < 4.78 is 5.61. The molecule has 0 aliphatic rings. The second kappa shape index (κ2) is 7.08. The van der Waals surface area contributed by atoms with Gasteiger partial charge in [-0.05, 0) is 18.6 Å². The first-order chi connectivity index (χ1) is 9.79. The summed E-state index contributed by atoms with van der Waals surface area (Å²) in [5, 5.41) is 8.76. The van der Waals surface area contributed by atoms with Crippen molar-refractivity contribution in [2.45, 2.75) is 13.3 Å². The molecule has 1 amide bonds. The molecule has 104 valence electrons. The first kappa shape index (κ1) is 13.8. The number of benzene rings is 1. The van der Waals surface area contributed by atoms with Gasteiger partial charge in [-0.15, -0.1) is 0 Å². The quantitative estimate of drug-likeness (QED) is 0.790. The lowest BCUT2D eigenvalue weighted by Crippen LogP contribution is -2.09. The maximum Gasteiger partial charge on any atom is 0.250 e. The smallest absolute Gasteiger partial charge is 0.250 e. The lowest BCUT2D eigenvalue weighted by molar-refractivity contribution is -0.111. The van der Waals surface area contributed by atoms with Crippen molar-refractivity contribution in [3.8, 4) is 5.75 Å². The molecular formula is C14H16N4O2. The van der Waals surface area contributed by atoms with Gasteiger partial charge in [0.1, 0.15) is 12.1 Å². The highest BCUT2D eigenvalue weighted by Crippen LogP contribution is 2.19. The molecule has 1 aromatic heterocycles. The molecule has 6 nitrogen and oxygen atoms in total. The Balaban J connectivity index is 2.01. The number of H-pyrrole nitrogens is 1. The van der Waals surface area contributed by atoms with E-state index in [2.05, 4.69) is 20.5 Å². The average molecular weight is 272 g/mol. The zero-order valence-electron chi connectivity index (χ0n) is 11.2. The third kappa shape index (κ3) is 3.94. The van der Waals surface area contributed by atoms with Crippen molar-refractivity contribution < 1.29 is 9.53 Å². The van der Waals surface area contributed by atoms with E-state index in [1.807, 2.05) is 31.2 Å². The molecule has 0 spiro atoms. The SMILES string of the molecule is CCCOc1ccccc1/C=C/C(=O)Nc1ncn[nH]1. The summed E-state index contributed by atoms with van der Waals surface area (Å²) in [5.41, 5.74) is 0.855. The molecule has 6 heteroatoms. The van der Waals surface area contributed by atoms with Crippen molar-refractivity contribution in [2.75, 3.05) is 11.9 Å². The van der Waals surface area contributed by atoms with Gasteiger partial charge in [0, 0.05) is 11.6 Å². The summed E-state index contributed by atoms with van der Waals surface area (Å²) in [6, 6.07) is 7.57. The number of aromatic amines is 1. The van der Waals surface area contributed by atoms with Crippen LogP contribution in [0.3, 0.4) is 0 Å². The van der Waals surface area contributed by atoms with Crippen molar-refractivity contribution in [1.29, 1.82) is 0 Å². The van der Waals surface area contributed by atoms with Gasteiger partial charge in [0.2, 0.25) is 5.95 Å². The highest BCUT2D eigenvalue weighted by Gasteiger charge is 2.02. The van der Waals surface area contributed by atoms with E-state index in [0.29, 0.717) is 12.6 Å². The maximum atomic E-state index is 11.7. The number of anilines is 1. The molecule has 0 aliphatic heterocycles. The van der Waals surface area contributed by atoms with Crippen LogP contribution in [-0.4, -0.2) is 27.7 Å². The Morgan fingerprint density at radius 1 is 1.45 bits per heavy atom. The molecule has 0 atom stereocenters. The number of nitrogens with zero attached hydrogens (tertiary/aromatic N) is 2. The fraction of sp³-hybridized carbons (Fsp3) is 0.214.